The van der Waals surface area contributed by atoms with Gasteiger partial charge >= 0.3 is 0 Å². The van der Waals surface area contributed by atoms with Gasteiger partial charge in [0.2, 0.25) is 0 Å². The van der Waals surface area contributed by atoms with Gasteiger partial charge in [0.15, 0.2) is 11.5 Å². The van der Waals surface area contributed by atoms with Gasteiger partial charge in [-0.3, -0.25) is 14.3 Å². The minimum absolute atomic E-state index is 0.615. The highest BCUT2D eigenvalue weighted by Gasteiger charge is 2.17. The standard InChI is InChI=1S/C24H36N8O/c1-25-21(28-15-18-8-10-27-11-9-18)14-22(26-2)30-20-6-7-23(33-3)32-17-19(29-24(20)32)16-31-12-4-5-13-31/h6-7,14,17-18,27,30H,2,4-5,8-13,15-16H2,1,3H3,(H,25,28)/b22-14+. The maximum Gasteiger partial charge on any atom is 0.199 e. The summed E-state index contributed by atoms with van der Waals surface area (Å²) in [7, 11) is 3.46. The minimum atomic E-state index is 0.615. The molecule has 0 radical (unpaired) electrons. The van der Waals surface area contributed by atoms with Crippen LogP contribution < -0.4 is 20.7 Å². The first kappa shape index (κ1) is 23.3. The number of aliphatic imine (C=N–C) groups is 2. The third-order valence-corrected chi connectivity index (χ3v) is 6.40. The second-order valence-corrected chi connectivity index (χ2v) is 8.69. The molecule has 9 heteroatoms. The second kappa shape index (κ2) is 11.3. The number of hydrogen-bond acceptors (Lipinski definition) is 7. The van der Waals surface area contributed by atoms with Crippen LogP contribution in [0.1, 0.15) is 31.4 Å². The van der Waals surface area contributed by atoms with Crippen LogP contribution in [0.3, 0.4) is 0 Å². The van der Waals surface area contributed by atoms with Crippen molar-refractivity contribution in [1.29, 1.82) is 0 Å². The van der Waals surface area contributed by atoms with E-state index in [1.54, 1.807) is 14.2 Å². The van der Waals surface area contributed by atoms with E-state index >= 15 is 0 Å². The zero-order valence-corrected chi connectivity index (χ0v) is 19.8. The minimum Gasteiger partial charge on any atom is -0.482 e. The third-order valence-electron chi connectivity index (χ3n) is 6.40. The number of fused-ring (bicyclic) bond motifs is 1. The molecule has 33 heavy (non-hydrogen) atoms. The van der Waals surface area contributed by atoms with Gasteiger partial charge in [-0.05, 0) is 70.6 Å². The number of amidine groups is 1. The van der Waals surface area contributed by atoms with Crippen molar-refractivity contribution in [2.24, 2.45) is 15.9 Å². The van der Waals surface area contributed by atoms with E-state index in [1.165, 1.54) is 25.7 Å². The topological polar surface area (TPSA) is 90.6 Å². The fourth-order valence-corrected chi connectivity index (χ4v) is 4.52. The lowest BCUT2D eigenvalue weighted by molar-refractivity contribution is 0.327. The number of methoxy groups -OCH3 is 1. The number of ether oxygens (including phenoxy) is 1. The van der Waals surface area contributed by atoms with Gasteiger partial charge in [0, 0.05) is 38.5 Å². The lowest BCUT2D eigenvalue weighted by atomic mass is 9.98. The first-order chi connectivity index (χ1) is 16.2. The Balaban J connectivity index is 1.51. The number of likely N-dealkylation sites (tertiary alicyclic amines) is 1. The molecular formula is C24H36N8O. The van der Waals surface area contributed by atoms with Crippen LogP contribution in [-0.2, 0) is 6.54 Å². The molecule has 4 heterocycles. The van der Waals surface area contributed by atoms with E-state index in [2.05, 4.69) is 43.7 Å². The molecule has 2 aromatic heterocycles. The van der Waals surface area contributed by atoms with Gasteiger partial charge in [-0.15, -0.1) is 0 Å². The molecule has 2 saturated heterocycles. The summed E-state index contributed by atoms with van der Waals surface area (Å²) in [6, 6.07) is 3.90. The molecule has 0 atom stereocenters. The molecule has 0 spiro atoms. The quantitative estimate of drug-likeness (QED) is 0.400. The zero-order chi connectivity index (χ0) is 23.0. The van der Waals surface area contributed by atoms with E-state index < -0.39 is 0 Å². The summed E-state index contributed by atoms with van der Waals surface area (Å²) >= 11 is 0. The maximum atomic E-state index is 5.57. The Morgan fingerprint density at radius 3 is 2.79 bits per heavy atom. The number of anilines is 1. The Hall–Kier alpha value is -2.91. The lowest BCUT2D eigenvalue weighted by Gasteiger charge is -2.23. The van der Waals surface area contributed by atoms with Crippen molar-refractivity contribution < 1.29 is 4.74 Å². The van der Waals surface area contributed by atoms with Gasteiger partial charge in [-0.25, -0.2) is 9.98 Å². The number of piperidine rings is 1. The number of imidazole rings is 1. The molecule has 2 fully saturated rings. The summed E-state index contributed by atoms with van der Waals surface area (Å²) < 4.78 is 7.55. The van der Waals surface area contributed by atoms with Crippen molar-refractivity contribution in [1.82, 2.24) is 24.9 Å². The van der Waals surface area contributed by atoms with Gasteiger partial charge in [-0.2, -0.15) is 0 Å². The van der Waals surface area contributed by atoms with Gasteiger partial charge in [0.05, 0.1) is 18.5 Å². The summed E-state index contributed by atoms with van der Waals surface area (Å²) in [5, 5.41) is 10.2. The molecule has 178 valence electrons. The van der Waals surface area contributed by atoms with Crippen LogP contribution in [0.15, 0.2) is 40.2 Å². The van der Waals surface area contributed by atoms with Crippen LogP contribution in [0.4, 0.5) is 5.69 Å². The molecule has 0 saturated carbocycles. The van der Waals surface area contributed by atoms with Crippen LogP contribution in [-0.4, -0.2) is 73.7 Å². The molecule has 0 aliphatic carbocycles. The Kier molecular flexibility index (Phi) is 7.96. The van der Waals surface area contributed by atoms with Crippen LogP contribution in [0.25, 0.3) is 5.65 Å². The van der Waals surface area contributed by atoms with E-state index in [4.69, 9.17) is 9.72 Å². The molecule has 0 aromatic carbocycles. The fourth-order valence-electron chi connectivity index (χ4n) is 4.52. The van der Waals surface area contributed by atoms with E-state index in [9.17, 15) is 0 Å². The number of rotatable bonds is 9. The number of aromatic nitrogens is 2. The summed E-state index contributed by atoms with van der Waals surface area (Å²) in [4.78, 5) is 15.9. The van der Waals surface area contributed by atoms with Crippen LogP contribution >= 0.6 is 0 Å². The summed E-state index contributed by atoms with van der Waals surface area (Å²) in [6.45, 7) is 9.93. The maximum absolute atomic E-state index is 5.57. The first-order valence-electron chi connectivity index (χ1n) is 11.8. The van der Waals surface area contributed by atoms with E-state index in [0.29, 0.717) is 11.7 Å². The molecule has 4 rings (SSSR count). The van der Waals surface area contributed by atoms with Crippen molar-refractivity contribution in [3.05, 3.63) is 35.9 Å². The number of nitrogens with one attached hydrogen (secondary N) is 3. The van der Waals surface area contributed by atoms with E-state index in [-0.39, 0.29) is 0 Å². The zero-order valence-electron chi connectivity index (χ0n) is 19.8. The van der Waals surface area contributed by atoms with E-state index in [1.807, 2.05) is 22.6 Å². The van der Waals surface area contributed by atoms with Gasteiger partial charge in [0.1, 0.15) is 11.7 Å². The predicted molar refractivity (Wildman–Crippen MR) is 134 cm³/mol. The summed E-state index contributed by atoms with van der Waals surface area (Å²) in [5.74, 6) is 2.80. The highest BCUT2D eigenvalue weighted by molar-refractivity contribution is 5.94. The largest absolute Gasteiger partial charge is 0.482 e. The highest BCUT2D eigenvalue weighted by atomic mass is 16.5. The van der Waals surface area contributed by atoms with Gasteiger partial charge in [-0.1, -0.05) is 0 Å². The van der Waals surface area contributed by atoms with Gasteiger partial charge < -0.3 is 20.7 Å². The second-order valence-electron chi connectivity index (χ2n) is 8.69. The summed E-state index contributed by atoms with van der Waals surface area (Å²) in [5.41, 5.74) is 2.67. The third kappa shape index (κ3) is 5.91. The van der Waals surface area contributed by atoms with E-state index in [0.717, 1.165) is 68.0 Å². The Bertz CT molecular complexity index is 999. The van der Waals surface area contributed by atoms with Crippen molar-refractivity contribution in [3.8, 4) is 5.88 Å². The average molecular weight is 453 g/mol. The van der Waals surface area contributed by atoms with Gasteiger partial charge in [0.25, 0.3) is 0 Å². The molecule has 3 N–H and O–H groups in total. The average Bonchev–Trinajstić information content (AvgIpc) is 3.52. The molecule has 9 nitrogen and oxygen atoms in total. The molecule has 2 aliphatic rings. The van der Waals surface area contributed by atoms with Crippen molar-refractivity contribution in [2.75, 3.05) is 52.2 Å². The van der Waals surface area contributed by atoms with Crippen LogP contribution in [0, 0.1) is 5.92 Å². The van der Waals surface area contributed by atoms with Crippen molar-refractivity contribution in [3.63, 3.8) is 0 Å². The first-order valence-corrected chi connectivity index (χ1v) is 11.8. The highest BCUT2D eigenvalue weighted by Crippen LogP contribution is 2.25. The number of pyridine rings is 1. The molecule has 2 aliphatic heterocycles. The fraction of sp³-hybridized carbons (Fsp3) is 0.542. The van der Waals surface area contributed by atoms with Crippen molar-refractivity contribution >= 4 is 23.9 Å². The normalized spacial score (nSPS) is 18.6. The van der Waals surface area contributed by atoms with Crippen LogP contribution in [0.5, 0.6) is 5.88 Å². The molecular weight excluding hydrogens is 416 g/mol. The molecule has 0 bridgehead atoms. The Morgan fingerprint density at radius 2 is 2.09 bits per heavy atom. The predicted octanol–water partition coefficient (Wildman–Crippen LogP) is 2.51. The number of nitrogens with zero attached hydrogens (tertiary/aromatic N) is 5. The number of hydrogen-bond donors (Lipinski definition) is 3. The molecule has 2 aromatic rings. The SMILES string of the molecule is C=N/C(=C\C(=NC)NCC1CCNCC1)Nc1ccc(OC)n2cc(CN3CCCC3)nc12. The Morgan fingerprint density at radius 1 is 1.30 bits per heavy atom. The molecule has 0 amide bonds. The Labute approximate surface area is 196 Å². The van der Waals surface area contributed by atoms with Crippen LogP contribution in [0.2, 0.25) is 0 Å². The smallest absolute Gasteiger partial charge is 0.199 e. The lowest BCUT2D eigenvalue weighted by Crippen LogP contribution is -2.35. The summed E-state index contributed by atoms with van der Waals surface area (Å²) in [6.07, 6.45) is 8.83. The molecule has 0 unspecified atom stereocenters. The monoisotopic (exact) mass is 452 g/mol. The van der Waals surface area contributed by atoms with Crippen molar-refractivity contribution in [2.45, 2.75) is 32.2 Å².